The van der Waals surface area contributed by atoms with Crippen LogP contribution >= 0.6 is 22.9 Å². The number of ether oxygens (including phenoxy) is 1. The van der Waals surface area contributed by atoms with Crippen molar-refractivity contribution in [1.29, 1.82) is 0 Å². The second-order valence-electron chi connectivity index (χ2n) is 7.61. The number of halogens is 1. The van der Waals surface area contributed by atoms with Gasteiger partial charge in [-0.3, -0.25) is 0 Å². The third kappa shape index (κ3) is 5.21. The Morgan fingerprint density at radius 3 is 2.90 bits per heavy atom. The molecule has 0 atom stereocenters. The zero-order chi connectivity index (χ0) is 21.1. The number of nitrogens with zero attached hydrogens (tertiary/aromatic N) is 4. The second-order valence-corrected chi connectivity index (χ2v) is 9.32. The first kappa shape index (κ1) is 20.9. The van der Waals surface area contributed by atoms with Crippen LogP contribution in [0.25, 0.3) is 10.6 Å². The predicted molar refractivity (Wildman–Crippen MR) is 115 cm³/mol. The molecule has 8 nitrogen and oxygen atoms in total. The fourth-order valence-electron chi connectivity index (χ4n) is 3.47. The van der Waals surface area contributed by atoms with Gasteiger partial charge < -0.3 is 24.0 Å². The van der Waals surface area contributed by atoms with Crippen LogP contribution < -0.4 is 10.1 Å². The van der Waals surface area contributed by atoms with Crippen molar-refractivity contribution in [2.45, 2.75) is 45.3 Å². The largest absolute Gasteiger partial charge is 0.414 e. The van der Waals surface area contributed by atoms with E-state index < -0.39 is 6.09 Å². The molecule has 3 aromatic heterocycles. The highest BCUT2D eigenvalue weighted by Gasteiger charge is 2.23. The van der Waals surface area contributed by atoms with Crippen LogP contribution in [0.3, 0.4) is 0 Å². The van der Waals surface area contributed by atoms with Crippen molar-refractivity contribution in [3.63, 3.8) is 0 Å². The van der Waals surface area contributed by atoms with Gasteiger partial charge in [0.25, 0.3) is 0 Å². The van der Waals surface area contributed by atoms with E-state index in [2.05, 4.69) is 34.2 Å². The Morgan fingerprint density at radius 2 is 2.20 bits per heavy atom. The van der Waals surface area contributed by atoms with Crippen molar-refractivity contribution in [2.24, 2.45) is 0 Å². The van der Waals surface area contributed by atoms with E-state index in [-0.39, 0.29) is 11.9 Å². The number of rotatable bonds is 6. The van der Waals surface area contributed by atoms with E-state index in [4.69, 9.17) is 20.9 Å². The van der Waals surface area contributed by atoms with Gasteiger partial charge in [-0.15, -0.1) is 11.3 Å². The SMILES string of the molecule is CC(C)N1CCC(NC(=O)Oc2cn(Cc3cc(-c4ccc(Cl)s4)on3)cn2)CC1. The molecule has 4 heterocycles. The van der Waals surface area contributed by atoms with Crippen LogP contribution in [-0.2, 0) is 6.54 Å². The molecule has 0 unspecified atom stereocenters. The van der Waals surface area contributed by atoms with Crippen LogP contribution in [-0.4, -0.2) is 50.9 Å². The van der Waals surface area contributed by atoms with Crippen molar-refractivity contribution in [3.8, 4) is 16.5 Å². The zero-order valence-corrected chi connectivity index (χ0v) is 18.4. The number of likely N-dealkylation sites (tertiary alicyclic amines) is 1. The Bertz CT molecular complexity index is 990. The van der Waals surface area contributed by atoms with Gasteiger partial charge in [0.1, 0.15) is 5.69 Å². The fourth-order valence-corrected chi connectivity index (χ4v) is 4.46. The molecular formula is C20H24ClN5O3S. The molecule has 1 fully saturated rings. The lowest BCUT2D eigenvalue weighted by Crippen LogP contribution is -2.47. The van der Waals surface area contributed by atoms with Crippen molar-refractivity contribution in [1.82, 2.24) is 24.9 Å². The lowest BCUT2D eigenvalue weighted by Gasteiger charge is -2.34. The highest BCUT2D eigenvalue weighted by Crippen LogP contribution is 2.31. The first-order valence-electron chi connectivity index (χ1n) is 9.92. The summed E-state index contributed by atoms with van der Waals surface area (Å²) in [4.78, 5) is 19.7. The number of aromatic nitrogens is 3. The molecule has 0 radical (unpaired) electrons. The average Bonchev–Trinajstić information content (AvgIpc) is 3.44. The summed E-state index contributed by atoms with van der Waals surface area (Å²) in [5, 5.41) is 7.01. The Hall–Kier alpha value is -2.36. The van der Waals surface area contributed by atoms with Crippen LogP contribution in [0.5, 0.6) is 5.88 Å². The maximum atomic E-state index is 12.2. The Balaban J connectivity index is 1.27. The van der Waals surface area contributed by atoms with Gasteiger partial charge in [-0.2, -0.15) is 0 Å². The molecule has 30 heavy (non-hydrogen) atoms. The summed E-state index contributed by atoms with van der Waals surface area (Å²) < 4.78 is 13.2. The Kier molecular flexibility index (Phi) is 6.40. The molecule has 1 amide bonds. The molecule has 0 aliphatic carbocycles. The standard InChI is InChI=1S/C20H24ClN5O3S/c1-13(2)26-7-5-14(6-8-26)23-20(27)28-19-11-25(12-22-19)10-15-9-16(29-24-15)17-3-4-18(21)30-17/h3-4,9,11-14H,5-8,10H2,1-2H3,(H,23,27). The number of hydrogen-bond acceptors (Lipinski definition) is 7. The minimum Gasteiger partial charge on any atom is -0.390 e. The summed E-state index contributed by atoms with van der Waals surface area (Å²) in [6, 6.07) is 6.24. The van der Waals surface area contributed by atoms with E-state index >= 15 is 0 Å². The highest BCUT2D eigenvalue weighted by molar-refractivity contribution is 7.19. The Labute approximate surface area is 183 Å². The molecule has 0 aromatic carbocycles. The van der Waals surface area contributed by atoms with Crippen molar-refractivity contribution >= 4 is 29.0 Å². The van der Waals surface area contributed by atoms with E-state index in [1.807, 2.05) is 18.2 Å². The van der Waals surface area contributed by atoms with Crippen LogP contribution in [0.15, 0.2) is 35.2 Å². The lowest BCUT2D eigenvalue weighted by molar-refractivity contribution is 0.151. The molecule has 3 aromatic rings. The third-order valence-corrected chi connectivity index (χ3v) is 6.35. The number of piperidine rings is 1. The van der Waals surface area contributed by atoms with Gasteiger partial charge in [-0.1, -0.05) is 16.8 Å². The van der Waals surface area contributed by atoms with Crippen LogP contribution in [0.2, 0.25) is 4.34 Å². The molecule has 0 saturated carbocycles. The number of amides is 1. The van der Waals surface area contributed by atoms with E-state index in [9.17, 15) is 4.79 Å². The first-order chi connectivity index (χ1) is 14.5. The number of carbonyl (C=O) groups excluding carboxylic acids is 1. The van der Waals surface area contributed by atoms with Gasteiger partial charge in [0, 0.05) is 31.2 Å². The molecule has 1 saturated heterocycles. The number of hydrogen-bond donors (Lipinski definition) is 1. The van der Waals surface area contributed by atoms with Crippen molar-refractivity contribution in [3.05, 3.63) is 40.8 Å². The fraction of sp³-hybridized carbons (Fsp3) is 0.450. The van der Waals surface area contributed by atoms with E-state index in [1.165, 1.54) is 11.3 Å². The molecule has 1 aliphatic rings. The smallest absolute Gasteiger partial charge is 0.390 e. The summed E-state index contributed by atoms with van der Waals surface area (Å²) in [5.41, 5.74) is 0.736. The maximum absolute atomic E-state index is 12.2. The molecule has 1 aliphatic heterocycles. The molecule has 160 valence electrons. The summed E-state index contributed by atoms with van der Waals surface area (Å²) in [5.74, 6) is 0.919. The average molecular weight is 450 g/mol. The summed E-state index contributed by atoms with van der Waals surface area (Å²) in [6.45, 7) is 6.80. The second kappa shape index (κ2) is 9.20. The molecule has 0 bridgehead atoms. The minimum atomic E-state index is -0.471. The summed E-state index contributed by atoms with van der Waals surface area (Å²) in [6.07, 6.45) is 4.64. The number of nitrogens with one attached hydrogen (secondary N) is 1. The Morgan fingerprint density at radius 1 is 1.40 bits per heavy atom. The van der Waals surface area contributed by atoms with Crippen LogP contribution in [0.1, 0.15) is 32.4 Å². The first-order valence-corrected chi connectivity index (χ1v) is 11.1. The maximum Gasteiger partial charge on any atom is 0.414 e. The minimum absolute atomic E-state index is 0.133. The predicted octanol–water partition coefficient (Wildman–Crippen LogP) is 4.26. The number of imidazole rings is 1. The summed E-state index contributed by atoms with van der Waals surface area (Å²) in [7, 11) is 0. The van der Waals surface area contributed by atoms with Gasteiger partial charge in [-0.25, -0.2) is 9.78 Å². The normalized spacial score (nSPS) is 15.6. The molecule has 10 heteroatoms. The van der Waals surface area contributed by atoms with Gasteiger partial charge in [-0.05, 0) is 38.8 Å². The van der Waals surface area contributed by atoms with Gasteiger partial charge in [0.15, 0.2) is 5.76 Å². The molecule has 0 spiro atoms. The third-order valence-electron chi connectivity index (χ3n) is 5.11. The number of thiophene rings is 1. The monoisotopic (exact) mass is 449 g/mol. The summed E-state index contributed by atoms with van der Waals surface area (Å²) >= 11 is 7.40. The van der Waals surface area contributed by atoms with Crippen LogP contribution in [0, 0.1) is 0 Å². The quantitative estimate of drug-likeness (QED) is 0.605. The molecular weight excluding hydrogens is 426 g/mol. The van der Waals surface area contributed by atoms with Crippen molar-refractivity contribution in [2.75, 3.05) is 13.1 Å². The van der Waals surface area contributed by atoms with Crippen LogP contribution in [0.4, 0.5) is 4.79 Å². The van der Waals surface area contributed by atoms with E-state index in [1.54, 1.807) is 17.1 Å². The van der Waals surface area contributed by atoms with E-state index in [0.717, 1.165) is 36.5 Å². The highest BCUT2D eigenvalue weighted by atomic mass is 35.5. The van der Waals surface area contributed by atoms with Crippen molar-refractivity contribution < 1.29 is 14.1 Å². The lowest BCUT2D eigenvalue weighted by atomic mass is 10.0. The molecule has 1 N–H and O–H groups in total. The molecule has 4 rings (SSSR count). The topological polar surface area (TPSA) is 85.4 Å². The zero-order valence-electron chi connectivity index (χ0n) is 16.9. The van der Waals surface area contributed by atoms with E-state index in [0.29, 0.717) is 22.7 Å². The van der Waals surface area contributed by atoms with Gasteiger partial charge in [0.05, 0.1) is 28.3 Å². The van der Waals surface area contributed by atoms with Gasteiger partial charge >= 0.3 is 6.09 Å². The van der Waals surface area contributed by atoms with Gasteiger partial charge in [0.2, 0.25) is 5.88 Å². The number of carbonyl (C=O) groups is 1.